The monoisotopic (exact) mass is 1500 g/mol. The second-order valence-corrected chi connectivity index (χ2v) is 25.4. The molecule has 2 aromatic heterocycles. The van der Waals surface area contributed by atoms with E-state index in [0.717, 1.165) is 0 Å². The number of aliphatic imine (C=N–C) groups is 1. The lowest BCUT2D eigenvalue weighted by Crippen LogP contribution is -2.60. The zero-order valence-electron chi connectivity index (χ0n) is 58.0. The van der Waals surface area contributed by atoms with Crippen LogP contribution in [0.25, 0.3) is 0 Å². The second-order valence-electron chi connectivity index (χ2n) is 25.0. The van der Waals surface area contributed by atoms with Crippen molar-refractivity contribution in [1.82, 2.24) is 93.5 Å². The number of aromatic amines is 2. The molecule has 0 aliphatic carbocycles. The van der Waals surface area contributed by atoms with Gasteiger partial charge in [0, 0.05) is 62.0 Å². The second kappa shape index (κ2) is 44.8. The third-order valence-electron chi connectivity index (χ3n) is 16.3. The van der Waals surface area contributed by atoms with Crippen LogP contribution in [0.5, 0.6) is 0 Å². The van der Waals surface area contributed by atoms with Crippen molar-refractivity contribution in [3.8, 4) is 0 Å². The van der Waals surface area contributed by atoms with Gasteiger partial charge in [-0.25, -0.2) is 14.8 Å². The van der Waals surface area contributed by atoms with Crippen molar-refractivity contribution in [3.63, 3.8) is 0 Å². The summed E-state index contributed by atoms with van der Waals surface area (Å²) in [6.07, 6.45) is 5.97. The minimum Gasteiger partial charge on any atom is -0.481 e. The number of aliphatic hydroxyl groups is 2. The quantitative estimate of drug-likeness (QED) is 0.0127. The maximum Gasteiger partial charge on any atom is 0.327 e. The summed E-state index contributed by atoms with van der Waals surface area (Å²) < 4.78 is 0. The van der Waals surface area contributed by atoms with E-state index in [-0.39, 0.29) is 102 Å². The Kier molecular flexibility index (Phi) is 37.0. The maximum absolute atomic E-state index is 14.8. The van der Waals surface area contributed by atoms with E-state index in [1.54, 1.807) is 13.8 Å². The minimum atomic E-state index is -1.77. The highest BCUT2D eigenvalue weighted by Gasteiger charge is 2.43. The predicted molar refractivity (Wildman–Crippen MR) is 370 cm³/mol. The number of nitrogens with two attached hydrogens (primary N) is 4. The van der Waals surface area contributed by atoms with Gasteiger partial charge in [0.05, 0.1) is 64.5 Å². The van der Waals surface area contributed by atoms with Crippen LogP contribution >= 0.6 is 12.6 Å². The molecule has 0 saturated carbocycles. The summed E-state index contributed by atoms with van der Waals surface area (Å²) in [7, 11) is 0. The molecular formula is C61H97N23O20S. The van der Waals surface area contributed by atoms with Crippen molar-refractivity contribution >= 4 is 113 Å². The standard InChI is InChI=1S/C61H97N23O20S/c1-31(2)16-38(81-54(97)37(17-32-20-66-29-73-32)79-57(100)44-11-7-15-84(44)59(102)39(18-33-21-67-30-74-33)80-50(93)34(63)19-49(91)92)58(101)83-14-6-10-43(83)56(99)78-36(9-5-13-68-61(64)65)53(96)77-35(8-3-4-12-62)51(94)71-22-45(87)69-24-47(89)75-41(27-86)55(98)82-40(26-85)52(95)72-23-46(88)70-25-48(90)76-42(28-105)60(103)104/h20-21,29-31,34-44,85-86,105H,3-19,22-28,62-63H2,1-2H3,(H,66,73)(H,67,74)(H,69,87)(H,70,88)(H,71,94)(H,72,95)(H,75,89)(H,76,90)(H,77,96)(H,78,99)(H,79,100)(H,80,93)(H,81,97)(H,82,98)(H,91,92)(H,103,104)(H4,64,65,68)/t34-,35-,36-,37-,38-,39-,40-,41-,42-,43-,44-/m0/s1. The number of guanidine groups is 1. The predicted octanol–water partition coefficient (Wildman–Crippen LogP) is -10.7. The molecule has 14 amide bonds. The van der Waals surface area contributed by atoms with Gasteiger partial charge < -0.3 is 127 Å². The van der Waals surface area contributed by atoms with Crippen LogP contribution in [-0.2, 0) is 89.6 Å². The molecule has 0 spiro atoms. The largest absolute Gasteiger partial charge is 0.481 e. The zero-order valence-corrected chi connectivity index (χ0v) is 58.9. The number of nitrogens with one attached hydrogen (secondary N) is 14. The Labute approximate surface area is 607 Å². The third-order valence-corrected chi connectivity index (χ3v) is 16.7. The summed E-state index contributed by atoms with van der Waals surface area (Å²) in [5.41, 5.74) is 23.5. The number of hydrogen-bond donors (Lipinski definition) is 23. The number of nitrogens with zero attached hydrogens (tertiary/aromatic N) is 5. The molecule has 105 heavy (non-hydrogen) atoms. The zero-order chi connectivity index (χ0) is 77.9. The number of carboxylic acids is 2. The van der Waals surface area contributed by atoms with E-state index in [1.807, 2.05) is 0 Å². The fourth-order valence-electron chi connectivity index (χ4n) is 10.9. The highest BCUT2D eigenvalue weighted by Crippen LogP contribution is 2.23. The van der Waals surface area contributed by atoms with Crippen molar-refractivity contribution in [2.24, 2.45) is 33.8 Å². The Morgan fingerprint density at radius 1 is 0.552 bits per heavy atom. The van der Waals surface area contributed by atoms with Crippen molar-refractivity contribution in [3.05, 3.63) is 36.4 Å². The lowest BCUT2D eigenvalue weighted by molar-refractivity contribution is -0.144. The molecule has 26 N–H and O–H groups in total. The van der Waals surface area contributed by atoms with Crippen LogP contribution in [0.4, 0.5) is 0 Å². The first-order valence-corrected chi connectivity index (χ1v) is 34.4. The van der Waals surface area contributed by atoms with Crippen molar-refractivity contribution in [2.75, 3.05) is 71.3 Å². The molecular weight excluding hydrogens is 1410 g/mol. The first kappa shape index (κ1) is 86.8. The van der Waals surface area contributed by atoms with Crippen LogP contribution in [-0.4, -0.2) is 289 Å². The average Bonchev–Trinajstić information content (AvgIpc) is 1.73. The molecule has 44 heteroatoms. The lowest BCUT2D eigenvalue weighted by atomic mass is 10.0. The Hall–Kier alpha value is -10.6. The molecule has 4 heterocycles. The molecule has 0 bridgehead atoms. The van der Waals surface area contributed by atoms with Gasteiger partial charge in [-0.1, -0.05) is 13.8 Å². The van der Waals surface area contributed by atoms with Gasteiger partial charge in [-0.2, -0.15) is 12.6 Å². The van der Waals surface area contributed by atoms with E-state index in [2.05, 4.69) is 101 Å². The summed E-state index contributed by atoms with van der Waals surface area (Å²) >= 11 is 3.81. The molecule has 0 aromatic carbocycles. The molecule has 11 atom stereocenters. The molecule has 4 rings (SSSR count). The number of rotatable bonds is 46. The highest BCUT2D eigenvalue weighted by molar-refractivity contribution is 7.80. The number of hydrogen-bond acceptors (Lipinski definition) is 24. The number of H-pyrrole nitrogens is 2. The highest BCUT2D eigenvalue weighted by atomic mass is 32.1. The van der Waals surface area contributed by atoms with E-state index in [0.29, 0.717) is 30.7 Å². The molecule has 0 unspecified atom stereocenters. The van der Waals surface area contributed by atoms with Crippen LogP contribution < -0.4 is 86.7 Å². The van der Waals surface area contributed by atoms with Gasteiger partial charge in [0.25, 0.3) is 0 Å². The van der Waals surface area contributed by atoms with Crippen LogP contribution in [0, 0.1) is 5.92 Å². The third kappa shape index (κ3) is 30.0. The van der Waals surface area contributed by atoms with E-state index in [9.17, 15) is 92.0 Å². The van der Waals surface area contributed by atoms with E-state index in [1.165, 1.54) is 34.8 Å². The van der Waals surface area contributed by atoms with E-state index < -0.39 is 207 Å². The Balaban J connectivity index is 1.42. The molecule has 2 aromatic rings. The van der Waals surface area contributed by atoms with Gasteiger partial charge in [-0.05, 0) is 76.7 Å². The van der Waals surface area contributed by atoms with Gasteiger partial charge >= 0.3 is 11.9 Å². The summed E-state index contributed by atoms with van der Waals surface area (Å²) in [6.45, 7) is -1.32. The summed E-state index contributed by atoms with van der Waals surface area (Å²) in [5.74, 6) is -16.1. The number of carbonyl (C=O) groups is 16. The van der Waals surface area contributed by atoms with Crippen LogP contribution in [0.3, 0.4) is 0 Å². The molecule has 0 radical (unpaired) electrons. The van der Waals surface area contributed by atoms with Gasteiger partial charge in [0.1, 0.15) is 60.4 Å². The number of imidazole rings is 2. The van der Waals surface area contributed by atoms with Gasteiger partial charge in [0.15, 0.2) is 5.96 Å². The number of unbranched alkanes of at least 4 members (excludes halogenated alkanes) is 1. The molecule has 2 aliphatic rings. The molecule has 2 saturated heterocycles. The summed E-state index contributed by atoms with van der Waals surface area (Å²) in [6, 6.07) is -15.6. The average molecular weight is 1500 g/mol. The number of amides is 14. The molecule has 582 valence electrons. The van der Waals surface area contributed by atoms with Crippen LogP contribution in [0.2, 0.25) is 0 Å². The van der Waals surface area contributed by atoms with E-state index >= 15 is 0 Å². The topological polar surface area (TPSA) is 679 Å². The number of aromatic nitrogens is 4. The number of aliphatic carboxylic acids is 2. The van der Waals surface area contributed by atoms with Crippen LogP contribution in [0.1, 0.15) is 95.9 Å². The summed E-state index contributed by atoms with van der Waals surface area (Å²) in [5, 5.41) is 66.4. The Morgan fingerprint density at radius 3 is 1.48 bits per heavy atom. The normalized spacial score (nSPS) is 16.5. The molecule has 2 fully saturated rings. The fourth-order valence-corrected chi connectivity index (χ4v) is 11.2. The van der Waals surface area contributed by atoms with Gasteiger partial charge in [-0.15, -0.1) is 0 Å². The number of aliphatic hydroxyl groups excluding tert-OH is 2. The fraction of sp³-hybridized carbons (Fsp3) is 0.623. The summed E-state index contributed by atoms with van der Waals surface area (Å²) in [4.78, 5) is 232. The lowest BCUT2D eigenvalue weighted by Gasteiger charge is -2.32. The first-order chi connectivity index (χ1) is 49.9. The smallest absolute Gasteiger partial charge is 0.327 e. The van der Waals surface area contributed by atoms with Gasteiger partial charge in [-0.3, -0.25) is 76.9 Å². The number of likely N-dealkylation sites (tertiary alicyclic amines) is 2. The van der Waals surface area contributed by atoms with Gasteiger partial charge in [0.2, 0.25) is 82.7 Å². The van der Waals surface area contributed by atoms with Crippen molar-refractivity contribution in [1.29, 1.82) is 0 Å². The number of carbonyl (C=O) groups excluding carboxylic acids is 14. The molecule has 2 aliphatic heterocycles. The van der Waals surface area contributed by atoms with Crippen molar-refractivity contribution in [2.45, 2.75) is 164 Å². The SMILES string of the molecule is CC(C)C[C@H](NC(=O)[C@H](Cc1cnc[nH]1)NC(=O)[C@@H]1CCCN1C(=O)[C@H](Cc1cnc[nH]1)NC(=O)[C@@H](N)CC(=O)O)C(=O)N1CCC[C@H]1C(=O)N[C@@H](CCCN=C(N)N)C(=O)N[C@@H](CCCCN)C(=O)NCC(=O)NCC(=O)N[C@@H](CO)C(=O)N[C@@H](CO)C(=O)NCC(=O)NCC(=O)N[C@@H](CS)C(=O)O. The first-order valence-electron chi connectivity index (χ1n) is 33.7. The van der Waals surface area contributed by atoms with E-state index in [4.69, 9.17) is 28.0 Å². The van der Waals surface area contributed by atoms with Crippen molar-refractivity contribution < 1.29 is 97.1 Å². The maximum atomic E-state index is 14.8. The van der Waals surface area contributed by atoms with Crippen LogP contribution in [0.15, 0.2) is 30.0 Å². The number of carboxylic acid groups (broad SMARTS) is 2. The minimum absolute atomic E-state index is 0.0102. The Morgan fingerprint density at radius 2 is 0.990 bits per heavy atom. The number of thiol groups is 1. The Bertz CT molecular complexity index is 3340. The molecule has 43 nitrogen and oxygen atoms in total.